The highest BCUT2D eigenvalue weighted by molar-refractivity contribution is 5.76. The first kappa shape index (κ1) is 12.5. The monoisotopic (exact) mass is 212 g/mol. The van der Waals surface area contributed by atoms with E-state index in [2.05, 4.69) is 20.8 Å². The smallest absolute Gasteiger partial charge is 0.222 e. The van der Waals surface area contributed by atoms with Crippen LogP contribution in [0.1, 0.15) is 46.5 Å². The molecule has 1 unspecified atom stereocenters. The lowest BCUT2D eigenvalue weighted by molar-refractivity contribution is -0.130. The maximum absolute atomic E-state index is 11.8. The SMILES string of the molecule is CCC(N)CN1CCC(C)(C)CCC1=O. The van der Waals surface area contributed by atoms with Crippen molar-refractivity contribution in [3.05, 3.63) is 0 Å². The van der Waals surface area contributed by atoms with Crippen LogP contribution in [0, 0.1) is 5.41 Å². The Bertz CT molecular complexity index is 226. The van der Waals surface area contributed by atoms with E-state index in [0.29, 0.717) is 11.8 Å². The summed E-state index contributed by atoms with van der Waals surface area (Å²) in [5.74, 6) is 0.282. The molecule has 0 saturated carbocycles. The topological polar surface area (TPSA) is 46.3 Å². The second kappa shape index (κ2) is 4.97. The Morgan fingerprint density at radius 2 is 2.13 bits per heavy atom. The fourth-order valence-corrected chi connectivity index (χ4v) is 1.90. The first-order chi connectivity index (χ1) is 6.94. The van der Waals surface area contributed by atoms with Crippen LogP contribution >= 0.6 is 0 Å². The number of nitrogens with two attached hydrogens (primary N) is 1. The van der Waals surface area contributed by atoms with Crippen LogP contribution in [-0.4, -0.2) is 29.9 Å². The van der Waals surface area contributed by atoms with Crippen LogP contribution < -0.4 is 5.73 Å². The van der Waals surface area contributed by atoms with Crippen molar-refractivity contribution in [1.82, 2.24) is 4.90 Å². The Labute approximate surface area is 93.0 Å². The van der Waals surface area contributed by atoms with E-state index in [4.69, 9.17) is 5.73 Å². The van der Waals surface area contributed by atoms with E-state index in [9.17, 15) is 4.79 Å². The molecule has 0 aromatic carbocycles. The van der Waals surface area contributed by atoms with E-state index in [-0.39, 0.29) is 11.9 Å². The molecule has 1 fully saturated rings. The third-order valence-corrected chi connectivity index (χ3v) is 3.41. The summed E-state index contributed by atoms with van der Waals surface area (Å²) in [5, 5.41) is 0. The van der Waals surface area contributed by atoms with Crippen molar-refractivity contribution in [3.63, 3.8) is 0 Å². The van der Waals surface area contributed by atoms with Gasteiger partial charge in [-0.2, -0.15) is 0 Å². The molecule has 0 aliphatic carbocycles. The maximum Gasteiger partial charge on any atom is 0.222 e. The number of carbonyl (C=O) groups is 1. The molecule has 0 aromatic rings. The van der Waals surface area contributed by atoms with Gasteiger partial charge < -0.3 is 10.6 Å². The molecule has 88 valence electrons. The largest absolute Gasteiger partial charge is 0.341 e. The Morgan fingerprint density at radius 1 is 1.47 bits per heavy atom. The number of hydrogen-bond acceptors (Lipinski definition) is 2. The molecular formula is C12H24N2O. The summed E-state index contributed by atoms with van der Waals surface area (Å²) in [6, 6.07) is 0.134. The van der Waals surface area contributed by atoms with Crippen molar-refractivity contribution in [2.24, 2.45) is 11.1 Å². The zero-order valence-electron chi connectivity index (χ0n) is 10.3. The Morgan fingerprint density at radius 3 is 2.73 bits per heavy atom. The molecule has 1 aliphatic rings. The minimum absolute atomic E-state index is 0.134. The van der Waals surface area contributed by atoms with Gasteiger partial charge in [-0.1, -0.05) is 20.8 Å². The van der Waals surface area contributed by atoms with Gasteiger partial charge in [0.2, 0.25) is 5.91 Å². The summed E-state index contributed by atoms with van der Waals surface area (Å²) >= 11 is 0. The van der Waals surface area contributed by atoms with Crippen LogP contribution in [0.15, 0.2) is 0 Å². The van der Waals surface area contributed by atoms with Crippen molar-refractivity contribution < 1.29 is 4.79 Å². The molecule has 1 amide bonds. The zero-order valence-corrected chi connectivity index (χ0v) is 10.3. The molecule has 0 aromatic heterocycles. The summed E-state index contributed by atoms with van der Waals surface area (Å²) in [7, 11) is 0. The van der Waals surface area contributed by atoms with Crippen molar-refractivity contribution >= 4 is 5.91 Å². The number of nitrogens with zero attached hydrogens (tertiary/aromatic N) is 1. The van der Waals surface area contributed by atoms with Crippen molar-refractivity contribution in [2.75, 3.05) is 13.1 Å². The zero-order chi connectivity index (χ0) is 11.5. The van der Waals surface area contributed by atoms with E-state index in [1.807, 2.05) is 4.90 Å². The molecule has 1 rings (SSSR count). The lowest BCUT2D eigenvalue weighted by Gasteiger charge is -2.25. The maximum atomic E-state index is 11.8. The predicted octanol–water partition coefficient (Wildman–Crippen LogP) is 1.76. The number of likely N-dealkylation sites (tertiary alicyclic amines) is 1. The van der Waals surface area contributed by atoms with Crippen molar-refractivity contribution in [3.8, 4) is 0 Å². The average Bonchev–Trinajstić information content (AvgIpc) is 2.31. The van der Waals surface area contributed by atoms with E-state index in [0.717, 1.165) is 32.4 Å². The average molecular weight is 212 g/mol. The first-order valence-corrected chi connectivity index (χ1v) is 5.98. The summed E-state index contributed by atoms with van der Waals surface area (Å²) in [6.45, 7) is 8.15. The number of amides is 1. The molecule has 1 saturated heterocycles. The first-order valence-electron chi connectivity index (χ1n) is 5.98. The molecule has 1 heterocycles. The van der Waals surface area contributed by atoms with Gasteiger partial charge in [-0.05, 0) is 24.7 Å². The van der Waals surface area contributed by atoms with Gasteiger partial charge in [-0.15, -0.1) is 0 Å². The van der Waals surface area contributed by atoms with E-state index in [1.54, 1.807) is 0 Å². The minimum Gasteiger partial charge on any atom is -0.341 e. The number of carbonyl (C=O) groups excluding carboxylic acids is 1. The van der Waals surface area contributed by atoms with Crippen LogP contribution in [0.3, 0.4) is 0 Å². The van der Waals surface area contributed by atoms with Gasteiger partial charge in [-0.3, -0.25) is 4.79 Å². The summed E-state index contributed by atoms with van der Waals surface area (Å²) in [5.41, 5.74) is 6.20. The summed E-state index contributed by atoms with van der Waals surface area (Å²) in [4.78, 5) is 13.8. The van der Waals surface area contributed by atoms with Crippen LogP contribution in [0.2, 0.25) is 0 Å². The van der Waals surface area contributed by atoms with Gasteiger partial charge in [0.25, 0.3) is 0 Å². The predicted molar refractivity (Wildman–Crippen MR) is 62.5 cm³/mol. The second-order valence-corrected chi connectivity index (χ2v) is 5.42. The Hall–Kier alpha value is -0.570. The molecule has 3 nitrogen and oxygen atoms in total. The van der Waals surface area contributed by atoms with Gasteiger partial charge >= 0.3 is 0 Å². The fourth-order valence-electron chi connectivity index (χ4n) is 1.90. The molecule has 1 aliphatic heterocycles. The Balaban J connectivity index is 2.54. The molecule has 0 bridgehead atoms. The highest BCUT2D eigenvalue weighted by atomic mass is 16.2. The Kier molecular flexibility index (Phi) is 4.14. The normalized spacial score (nSPS) is 23.7. The second-order valence-electron chi connectivity index (χ2n) is 5.42. The standard InChI is InChI=1S/C12H24N2O/c1-4-10(13)9-14-8-7-12(2,3)6-5-11(14)15/h10H,4-9,13H2,1-3H3. The fraction of sp³-hybridized carbons (Fsp3) is 0.917. The number of rotatable bonds is 3. The molecule has 0 radical (unpaired) electrons. The summed E-state index contributed by atoms with van der Waals surface area (Å²) < 4.78 is 0. The third-order valence-electron chi connectivity index (χ3n) is 3.41. The van der Waals surface area contributed by atoms with E-state index >= 15 is 0 Å². The third kappa shape index (κ3) is 3.82. The quantitative estimate of drug-likeness (QED) is 0.775. The van der Waals surface area contributed by atoms with Crippen LogP contribution in [-0.2, 0) is 4.79 Å². The van der Waals surface area contributed by atoms with Crippen LogP contribution in [0.4, 0.5) is 0 Å². The highest BCUT2D eigenvalue weighted by Crippen LogP contribution is 2.30. The van der Waals surface area contributed by atoms with Gasteiger partial charge in [0, 0.05) is 25.6 Å². The molecule has 15 heavy (non-hydrogen) atoms. The van der Waals surface area contributed by atoms with Crippen LogP contribution in [0.5, 0.6) is 0 Å². The van der Waals surface area contributed by atoms with Gasteiger partial charge in [0.05, 0.1) is 0 Å². The van der Waals surface area contributed by atoms with Crippen molar-refractivity contribution in [1.29, 1.82) is 0 Å². The lowest BCUT2D eigenvalue weighted by Crippen LogP contribution is -2.40. The summed E-state index contributed by atoms with van der Waals surface area (Å²) in [6.07, 6.45) is 3.72. The molecule has 2 N–H and O–H groups in total. The molecular weight excluding hydrogens is 188 g/mol. The van der Waals surface area contributed by atoms with E-state index < -0.39 is 0 Å². The molecule has 1 atom stereocenters. The minimum atomic E-state index is 0.134. The molecule has 0 spiro atoms. The van der Waals surface area contributed by atoms with Gasteiger partial charge in [0.15, 0.2) is 0 Å². The van der Waals surface area contributed by atoms with Gasteiger partial charge in [-0.25, -0.2) is 0 Å². The number of hydrogen-bond donors (Lipinski definition) is 1. The van der Waals surface area contributed by atoms with Gasteiger partial charge in [0.1, 0.15) is 0 Å². The van der Waals surface area contributed by atoms with Crippen molar-refractivity contribution in [2.45, 2.75) is 52.5 Å². The van der Waals surface area contributed by atoms with Crippen LogP contribution in [0.25, 0.3) is 0 Å². The lowest BCUT2D eigenvalue weighted by atomic mass is 9.85. The molecule has 3 heteroatoms. The van der Waals surface area contributed by atoms with E-state index in [1.165, 1.54) is 0 Å². The highest BCUT2D eigenvalue weighted by Gasteiger charge is 2.27.